The number of nitrogens with zero attached hydrogens (tertiary/aromatic N) is 5. The lowest BCUT2D eigenvalue weighted by Gasteiger charge is -2.10. The van der Waals surface area contributed by atoms with Gasteiger partial charge in [0.1, 0.15) is 11.5 Å². The molecule has 0 saturated carbocycles. The monoisotopic (exact) mass is 423 g/mol. The summed E-state index contributed by atoms with van der Waals surface area (Å²) < 4.78 is 29.0. The fraction of sp³-hybridized carbons (Fsp3) is 0. The van der Waals surface area contributed by atoms with Gasteiger partial charge < -0.3 is 10.2 Å². The summed E-state index contributed by atoms with van der Waals surface area (Å²) in [5, 5.41) is 26.3. The second-order valence-electron chi connectivity index (χ2n) is 6.24. The van der Waals surface area contributed by atoms with Crippen LogP contribution in [0.3, 0.4) is 0 Å². The van der Waals surface area contributed by atoms with Crippen molar-refractivity contribution in [2.45, 2.75) is 0 Å². The quantitative estimate of drug-likeness (QED) is 0.501. The molecule has 2 N–H and O–H groups in total. The summed E-state index contributed by atoms with van der Waals surface area (Å²) in [4.78, 5) is 31.9. The lowest BCUT2D eigenvalue weighted by Crippen LogP contribution is -2.11. The van der Waals surface area contributed by atoms with E-state index < -0.39 is 29.1 Å². The molecule has 0 fully saturated rings. The van der Waals surface area contributed by atoms with E-state index in [1.807, 2.05) is 0 Å². The average molecular weight is 423 g/mol. The molecule has 2 aromatic carbocycles. The minimum atomic E-state index is -1.40. The number of hydrogen-bond acceptors (Lipinski definition) is 6. The number of halogens is 2. The number of rotatable bonds is 5. The van der Waals surface area contributed by atoms with Gasteiger partial charge in [0, 0.05) is 18.0 Å². The van der Waals surface area contributed by atoms with Gasteiger partial charge in [0.05, 0.1) is 29.1 Å². The van der Waals surface area contributed by atoms with Crippen molar-refractivity contribution in [1.82, 2.24) is 25.0 Å². The highest BCUT2D eigenvalue weighted by atomic mass is 19.1. The van der Waals surface area contributed by atoms with E-state index in [1.165, 1.54) is 43.0 Å². The van der Waals surface area contributed by atoms with E-state index in [-0.39, 0.29) is 33.8 Å². The molecule has 0 saturated heterocycles. The highest BCUT2D eigenvalue weighted by Crippen LogP contribution is 2.29. The summed E-state index contributed by atoms with van der Waals surface area (Å²) in [6.45, 7) is 0. The van der Waals surface area contributed by atoms with Crippen molar-refractivity contribution in [3.63, 3.8) is 0 Å². The number of carboxylic acids is 2. The van der Waals surface area contributed by atoms with Crippen molar-refractivity contribution < 1.29 is 28.6 Å². The zero-order valence-electron chi connectivity index (χ0n) is 15.4. The predicted octanol–water partition coefficient (Wildman–Crippen LogP) is 3.07. The number of benzene rings is 2. The van der Waals surface area contributed by atoms with Crippen LogP contribution in [0.2, 0.25) is 0 Å². The lowest BCUT2D eigenvalue weighted by molar-refractivity contribution is 0.0686. The molecule has 0 amide bonds. The summed E-state index contributed by atoms with van der Waals surface area (Å²) in [6.07, 6.45) is 4.98. The molecule has 0 aliphatic rings. The van der Waals surface area contributed by atoms with Crippen LogP contribution >= 0.6 is 0 Å². The maximum absolute atomic E-state index is 14.7. The van der Waals surface area contributed by atoms with Gasteiger partial charge in [-0.2, -0.15) is 10.2 Å². The van der Waals surface area contributed by atoms with Crippen LogP contribution in [0, 0.1) is 11.6 Å². The Balaban J connectivity index is 1.79. The van der Waals surface area contributed by atoms with Gasteiger partial charge in [0.15, 0.2) is 11.6 Å². The molecule has 31 heavy (non-hydrogen) atoms. The van der Waals surface area contributed by atoms with Crippen LogP contribution in [0.5, 0.6) is 0 Å². The van der Waals surface area contributed by atoms with E-state index in [4.69, 9.17) is 0 Å². The van der Waals surface area contributed by atoms with Gasteiger partial charge >= 0.3 is 11.9 Å². The predicted molar refractivity (Wildman–Crippen MR) is 102 cm³/mol. The van der Waals surface area contributed by atoms with Gasteiger partial charge in [0.25, 0.3) is 0 Å². The normalized spacial score (nSPS) is 10.8. The lowest BCUT2D eigenvalue weighted by atomic mass is 10.0. The first-order chi connectivity index (χ1) is 14.9. The van der Waals surface area contributed by atoms with Crippen LogP contribution in [-0.2, 0) is 0 Å². The van der Waals surface area contributed by atoms with E-state index >= 15 is 0 Å². The fourth-order valence-electron chi connectivity index (χ4n) is 3.00. The smallest absolute Gasteiger partial charge is 0.338 e. The minimum absolute atomic E-state index is 0.143. The molecule has 0 unspecified atom stereocenters. The molecule has 0 aliphatic heterocycles. The van der Waals surface area contributed by atoms with Crippen LogP contribution in [0.1, 0.15) is 20.7 Å². The molecule has 0 bridgehead atoms. The Morgan fingerprint density at radius 1 is 0.839 bits per heavy atom. The second-order valence-corrected chi connectivity index (χ2v) is 6.24. The molecule has 0 spiro atoms. The molecule has 2 heterocycles. The van der Waals surface area contributed by atoms with Crippen LogP contribution in [0.15, 0.2) is 55.1 Å². The molecule has 0 atom stereocenters. The van der Waals surface area contributed by atoms with Crippen LogP contribution in [0.4, 0.5) is 8.78 Å². The largest absolute Gasteiger partial charge is 0.478 e. The molecular formula is C20H11F2N5O4. The van der Waals surface area contributed by atoms with E-state index in [2.05, 4.69) is 20.2 Å². The average Bonchev–Trinajstić information content (AvgIpc) is 3.27. The third kappa shape index (κ3) is 3.59. The summed E-state index contributed by atoms with van der Waals surface area (Å²) in [5.74, 6) is -4.64. The van der Waals surface area contributed by atoms with E-state index in [9.17, 15) is 28.6 Å². The first kappa shape index (κ1) is 19.8. The van der Waals surface area contributed by atoms with Crippen LogP contribution in [0.25, 0.3) is 28.2 Å². The Morgan fingerprint density at radius 3 is 2.10 bits per heavy atom. The van der Waals surface area contributed by atoms with Crippen molar-refractivity contribution >= 4 is 11.9 Å². The van der Waals surface area contributed by atoms with E-state index in [0.29, 0.717) is 0 Å². The molecule has 4 rings (SSSR count). The molecule has 2 aromatic heterocycles. The molecule has 9 nitrogen and oxygen atoms in total. The van der Waals surface area contributed by atoms with E-state index in [1.54, 1.807) is 0 Å². The maximum atomic E-state index is 14.7. The van der Waals surface area contributed by atoms with Gasteiger partial charge in [-0.05, 0) is 29.8 Å². The van der Waals surface area contributed by atoms with Gasteiger partial charge in [0.2, 0.25) is 0 Å². The third-order valence-electron chi connectivity index (χ3n) is 4.37. The Hall–Kier alpha value is -4.54. The first-order valence-corrected chi connectivity index (χ1v) is 8.65. The third-order valence-corrected chi connectivity index (χ3v) is 4.37. The highest BCUT2D eigenvalue weighted by Gasteiger charge is 2.21. The summed E-state index contributed by atoms with van der Waals surface area (Å²) in [7, 11) is 0. The fourth-order valence-corrected chi connectivity index (χ4v) is 3.00. The van der Waals surface area contributed by atoms with Crippen LogP contribution in [-0.4, -0.2) is 47.1 Å². The number of hydrogen-bond donors (Lipinski definition) is 2. The first-order valence-electron chi connectivity index (χ1n) is 8.65. The summed E-state index contributed by atoms with van der Waals surface area (Å²) in [5.41, 5.74) is -0.960. The van der Waals surface area contributed by atoms with Gasteiger partial charge in [-0.25, -0.2) is 28.3 Å². The molecule has 0 radical (unpaired) electrons. The highest BCUT2D eigenvalue weighted by molar-refractivity contribution is 5.95. The Morgan fingerprint density at radius 2 is 1.48 bits per heavy atom. The van der Waals surface area contributed by atoms with Gasteiger partial charge in [-0.3, -0.25) is 0 Å². The van der Waals surface area contributed by atoms with E-state index in [0.717, 1.165) is 16.9 Å². The zero-order chi connectivity index (χ0) is 22.1. The van der Waals surface area contributed by atoms with Crippen molar-refractivity contribution in [3.8, 4) is 28.2 Å². The summed E-state index contributed by atoms with van der Waals surface area (Å²) in [6, 6.07) is 5.82. The van der Waals surface area contributed by atoms with Gasteiger partial charge in [-0.1, -0.05) is 6.07 Å². The van der Waals surface area contributed by atoms with Gasteiger partial charge in [-0.15, -0.1) is 4.80 Å². The molecule has 11 heteroatoms. The minimum Gasteiger partial charge on any atom is -0.478 e. The van der Waals surface area contributed by atoms with Crippen LogP contribution < -0.4 is 0 Å². The topological polar surface area (TPSA) is 131 Å². The SMILES string of the molecule is O=C(O)c1cccc(F)c1-c1ncc(-c2cc(F)c(-n3nccn3)c(C(=O)O)c2)cn1. The number of carboxylic acid groups (broad SMARTS) is 2. The second kappa shape index (κ2) is 7.71. The standard InChI is InChI=1S/C20H11F2N5O4/c21-14-3-1-2-12(19(28)29)16(14)18-23-8-11(9-24-18)10-6-13(20(30)31)17(15(22)7-10)27-25-4-5-26-27/h1-9H,(H,28,29)(H,30,31). The number of aromatic carboxylic acids is 2. The van der Waals surface area contributed by atoms with Crippen molar-refractivity contribution in [1.29, 1.82) is 0 Å². The van der Waals surface area contributed by atoms with Crippen molar-refractivity contribution in [3.05, 3.63) is 77.9 Å². The Bertz CT molecular complexity index is 1310. The van der Waals surface area contributed by atoms with Crippen molar-refractivity contribution in [2.24, 2.45) is 0 Å². The zero-order valence-corrected chi connectivity index (χ0v) is 15.4. The number of aromatic nitrogens is 5. The number of carbonyl (C=O) groups is 2. The molecule has 154 valence electrons. The van der Waals surface area contributed by atoms with Crippen molar-refractivity contribution in [2.75, 3.05) is 0 Å². The summed E-state index contributed by atoms with van der Waals surface area (Å²) >= 11 is 0. The molecular weight excluding hydrogens is 412 g/mol. The Kier molecular flexibility index (Phi) is 4.91. The molecule has 4 aromatic rings. The maximum Gasteiger partial charge on any atom is 0.338 e. The Labute approximate surface area is 172 Å². The molecule has 0 aliphatic carbocycles.